The molecule has 0 heterocycles. The predicted octanol–water partition coefficient (Wildman–Crippen LogP) is 8.00. The fraction of sp³-hybridized carbons (Fsp3) is 0.957. The Morgan fingerprint density at radius 3 is 1.41 bits per heavy atom. The molecule has 0 aromatic rings. The minimum Gasteiger partial charge on any atom is -0.413 e. The van der Waals surface area contributed by atoms with Crippen molar-refractivity contribution in [3.8, 4) is 0 Å². The van der Waals surface area contributed by atoms with Gasteiger partial charge in [-0.05, 0) is 53.3 Å². The Bertz CT molecular complexity index is 462. The van der Waals surface area contributed by atoms with Gasteiger partial charge in [-0.1, -0.05) is 76.2 Å². The van der Waals surface area contributed by atoms with E-state index in [9.17, 15) is 4.79 Å². The highest BCUT2D eigenvalue weighted by Crippen LogP contribution is 2.44. The standard InChI is InChI=1S/C23H49ClO3Si2/c1-13-28(14-2,15-3)27-22(20(11)23(24)25)19(10)21(12)26-29(16(4)5,17(6)7)18(8)9/h16-22H,13-15H2,1-12H3/t19-,20-,21+,22-/m0/s1. The molecule has 0 aliphatic carbocycles. The summed E-state index contributed by atoms with van der Waals surface area (Å²) in [6.07, 6.45) is -0.172. The number of carbonyl (C=O) groups excluding carboxylic acids is 1. The SMILES string of the molecule is CC[Si](CC)(CC)O[C@@H]([C@@H](C)[C@@H](C)O[Si](C(C)C)(C(C)C)C(C)C)[C@H](C)C(=O)Cl. The normalized spacial score (nSPS) is 17.7. The molecule has 29 heavy (non-hydrogen) atoms. The lowest BCUT2D eigenvalue weighted by Gasteiger charge is -2.47. The zero-order valence-electron chi connectivity index (χ0n) is 21.3. The van der Waals surface area contributed by atoms with Gasteiger partial charge in [0.25, 0.3) is 0 Å². The monoisotopic (exact) mass is 464 g/mol. The van der Waals surface area contributed by atoms with Crippen molar-refractivity contribution in [3.05, 3.63) is 0 Å². The molecule has 0 rings (SSSR count). The zero-order valence-corrected chi connectivity index (χ0v) is 24.0. The zero-order chi connectivity index (χ0) is 23.2. The molecule has 6 heteroatoms. The summed E-state index contributed by atoms with van der Waals surface area (Å²) in [7, 11) is -3.88. The van der Waals surface area contributed by atoms with Crippen LogP contribution in [0.5, 0.6) is 0 Å². The van der Waals surface area contributed by atoms with Gasteiger partial charge in [0, 0.05) is 12.0 Å². The highest BCUT2D eigenvalue weighted by molar-refractivity contribution is 6.77. The number of hydrogen-bond acceptors (Lipinski definition) is 3. The summed E-state index contributed by atoms with van der Waals surface area (Å²) in [5.74, 6) is -0.227. The summed E-state index contributed by atoms with van der Waals surface area (Å²) in [6.45, 7) is 26.8. The molecule has 0 saturated heterocycles. The Morgan fingerprint density at radius 2 is 1.14 bits per heavy atom. The second kappa shape index (κ2) is 12.4. The van der Waals surface area contributed by atoms with E-state index in [1.54, 1.807) is 0 Å². The third-order valence-electron chi connectivity index (χ3n) is 7.53. The smallest absolute Gasteiger partial charge is 0.227 e. The topological polar surface area (TPSA) is 35.5 Å². The van der Waals surface area contributed by atoms with Crippen LogP contribution in [-0.2, 0) is 13.6 Å². The minimum absolute atomic E-state index is 0.0228. The molecule has 0 aliphatic heterocycles. The molecule has 0 aliphatic rings. The second-order valence-electron chi connectivity index (χ2n) is 9.92. The third-order valence-corrected chi connectivity index (χ3v) is 18.7. The molecule has 0 N–H and O–H groups in total. The van der Waals surface area contributed by atoms with Crippen molar-refractivity contribution in [1.82, 2.24) is 0 Å². The van der Waals surface area contributed by atoms with Crippen LogP contribution < -0.4 is 0 Å². The van der Waals surface area contributed by atoms with E-state index >= 15 is 0 Å². The first-order chi connectivity index (χ1) is 13.3. The molecule has 0 aromatic carbocycles. The summed E-state index contributed by atoms with van der Waals surface area (Å²) < 4.78 is 13.9. The minimum atomic E-state index is -2.01. The molecule has 0 aromatic heterocycles. The van der Waals surface area contributed by atoms with Crippen molar-refractivity contribution in [2.45, 2.75) is 130 Å². The van der Waals surface area contributed by atoms with Gasteiger partial charge in [-0.25, -0.2) is 0 Å². The molecule has 174 valence electrons. The van der Waals surface area contributed by atoms with Crippen LogP contribution in [0.4, 0.5) is 0 Å². The Labute approximate surface area is 188 Å². The Hall–Kier alpha value is 0.314. The molecule has 0 spiro atoms. The van der Waals surface area contributed by atoms with Gasteiger partial charge < -0.3 is 8.85 Å². The molecule has 0 saturated carbocycles. The van der Waals surface area contributed by atoms with Crippen LogP contribution in [0.15, 0.2) is 0 Å². The van der Waals surface area contributed by atoms with E-state index in [1.165, 1.54) is 0 Å². The van der Waals surface area contributed by atoms with Gasteiger partial charge in [-0.15, -0.1) is 0 Å². The van der Waals surface area contributed by atoms with E-state index in [1.807, 2.05) is 6.92 Å². The van der Waals surface area contributed by atoms with Crippen LogP contribution in [0.25, 0.3) is 0 Å². The van der Waals surface area contributed by atoms with Crippen LogP contribution in [0, 0.1) is 11.8 Å². The summed E-state index contributed by atoms with van der Waals surface area (Å²) >= 11 is 5.98. The van der Waals surface area contributed by atoms with E-state index in [2.05, 4.69) is 76.2 Å². The predicted molar refractivity (Wildman–Crippen MR) is 133 cm³/mol. The van der Waals surface area contributed by atoms with Gasteiger partial charge in [0.15, 0.2) is 8.32 Å². The van der Waals surface area contributed by atoms with Crippen LogP contribution in [0.2, 0.25) is 34.8 Å². The number of rotatable bonds is 14. The van der Waals surface area contributed by atoms with Crippen molar-refractivity contribution in [2.24, 2.45) is 11.8 Å². The molecular formula is C23H49ClO3Si2. The summed E-state index contributed by atoms with van der Waals surface area (Å²) in [4.78, 5) is 12.1. The van der Waals surface area contributed by atoms with Gasteiger partial charge in [0.05, 0.1) is 12.0 Å². The second-order valence-corrected chi connectivity index (χ2v) is 20.4. The van der Waals surface area contributed by atoms with E-state index in [4.69, 9.17) is 20.5 Å². The first-order valence-corrected chi connectivity index (χ1v) is 16.9. The fourth-order valence-electron chi connectivity index (χ4n) is 5.19. The maximum absolute atomic E-state index is 12.1. The van der Waals surface area contributed by atoms with Crippen LogP contribution in [0.1, 0.15) is 83.1 Å². The Balaban J connectivity index is 5.94. The maximum Gasteiger partial charge on any atom is 0.227 e. The number of halogens is 1. The van der Waals surface area contributed by atoms with Crippen molar-refractivity contribution >= 4 is 33.5 Å². The quantitative estimate of drug-likeness (QED) is 0.193. The average molecular weight is 465 g/mol. The van der Waals surface area contributed by atoms with Crippen molar-refractivity contribution in [2.75, 3.05) is 0 Å². The molecule has 0 radical (unpaired) electrons. The molecule has 0 amide bonds. The van der Waals surface area contributed by atoms with E-state index in [0.717, 1.165) is 18.1 Å². The largest absolute Gasteiger partial charge is 0.413 e. The van der Waals surface area contributed by atoms with Crippen LogP contribution >= 0.6 is 11.6 Å². The molecule has 3 nitrogen and oxygen atoms in total. The van der Waals surface area contributed by atoms with Gasteiger partial charge in [0.2, 0.25) is 13.6 Å². The highest BCUT2D eigenvalue weighted by atomic mass is 35.5. The summed E-state index contributed by atoms with van der Waals surface area (Å²) in [5.41, 5.74) is 1.58. The molecule has 0 unspecified atom stereocenters. The Morgan fingerprint density at radius 1 is 0.759 bits per heavy atom. The summed E-state index contributed by atoms with van der Waals surface area (Å²) in [5, 5.41) is -0.305. The highest BCUT2D eigenvalue weighted by Gasteiger charge is 2.48. The van der Waals surface area contributed by atoms with Gasteiger partial charge in [-0.2, -0.15) is 0 Å². The first kappa shape index (κ1) is 29.3. The molecular weight excluding hydrogens is 416 g/mol. The fourth-order valence-corrected chi connectivity index (χ4v) is 14.0. The van der Waals surface area contributed by atoms with E-state index < -0.39 is 16.6 Å². The number of hydrogen-bond donors (Lipinski definition) is 0. The van der Waals surface area contributed by atoms with E-state index in [-0.39, 0.29) is 29.3 Å². The lowest BCUT2D eigenvalue weighted by Crippen LogP contribution is -2.53. The van der Waals surface area contributed by atoms with Crippen LogP contribution in [-0.4, -0.2) is 34.1 Å². The lowest BCUT2D eigenvalue weighted by molar-refractivity contribution is -0.119. The average Bonchev–Trinajstić information content (AvgIpc) is 2.65. The number of carbonyl (C=O) groups is 1. The van der Waals surface area contributed by atoms with Gasteiger partial charge >= 0.3 is 0 Å². The van der Waals surface area contributed by atoms with E-state index in [0.29, 0.717) is 16.6 Å². The van der Waals surface area contributed by atoms with Gasteiger partial charge in [-0.3, -0.25) is 4.79 Å². The summed E-state index contributed by atoms with van der Waals surface area (Å²) in [6, 6.07) is 3.18. The third kappa shape index (κ3) is 6.90. The van der Waals surface area contributed by atoms with Gasteiger partial charge in [0.1, 0.15) is 0 Å². The first-order valence-electron chi connectivity index (χ1n) is 11.8. The Kier molecular flexibility index (Phi) is 12.5. The maximum atomic E-state index is 12.1. The van der Waals surface area contributed by atoms with Crippen molar-refractivity contribution in [3.63, 3.8) is 0 Å². The molecule has 0 fully saturated rings. The van der Waals surface area contributed by atoms with Crippen molar-refractivity contribution in [1.29, 1.82) is 0 Å². The van der Waals surface area contributed by atoms with Crippen LogP contribution in [0.3, 0.4) is 0 Å². The lowest BCUT2D eigenvalue weighted by atomic mass is 9.91. The van der Waals surface area contributed by atoms with Crippen molar-refractivity contribution < 1.29 is 13.6 Å². The molecule has 4 atom stereocenters. The molecule has 0 bridgehead atoms.